The topological polar surface area (TPSA) is 101 Å². The monoisotopic (exact) mass is 408 g/mol. The van der Waals surface area contributed by atoms with Crippen molar-refractivity contribution in [3.05, 3.63) is 65.9 Å². The SMILES string of the molecule is Cc1cc(C(=O)Nc2cccc(S(=O)(=O)NC3=NCCC3)c2)c2ccccc2n1. The number of pyridine rings is 1. The zero-order valence-corrected chi connectivity index (χ0v) is 16.7. The number of hydrogen-bond donors (Lipinski definition) is 2. The lowest BCUT2D eigenvalue weighted by Gasteiger charge is -2.11. The molecule has 0 aliphatic carbocycles. The number of aromatic nitrogens is 1. The Morgan fingerprint density at radius 1 is 1.07 bits per heavy atom. The van der Waals surface area contributed by atoms with Crippen LogP contribution in [0.4, 0.5) is 5.69 Å². The van der Waals surface area contributed by atoms with E-state index in [2.05, 4.69) is 20.0 Å². The summed E-state index contributed by atoms with van der Waals surface area (Å²) < 4.78 is 27.7. The minimum Gasteiger partial charge on any atom is -0.322 e. The van der Waals surface area contributed by atoms with Crippen molar-refractivity contribution in [2.45, 2.75) is 24.7 Å². The van der Waals surface area contributed by atoms with Gasteiger partial charge in [0.15, 0.2) is 0 Å². The van der Waals surface area contributed by atoms with Gasteiger partial charge in [-0.15, -0.1) is 0 Å². The van der Waals surface area contributed by atoms with Gasteiger partial charge in [0, 0.05) is 29.7 Å². The number of benzene rings is 2. The maximum Gasteiger partial charge on any atom is 0.262 e. The molecule has 29 heavy (non-hydrogen) atoms. The van der Waals surface area contributed by atoms with Gasteiger partial charge in [-0.25, -0.2) is 8.42 Å². The van der Waals surface area contributed by atoms with Gasteiger partial charge in [-0.05, 0) is 43.7 Å². The van der Waals surface area contributed by atoms with Crippen LogP contribution in [0.3, 0.4) is 0 Å². The standard InChI is InChI=1S/C21H20N4O3S/c1-14-12-18(17-8-2-3-9-19(17)23-14)21(26)24-15-6-4-7-16(13-15)29(27,28)25-20-10-5-11-22-20/h2-4,6-9,12-13H,5,10-11H2,1H3,(H,22,25)(H,24,26). The van der Waals surface area contributed by atoms with Crippen molar-refractivity contribution in [2.24, 2.45) is 4.99 Å². The fourth-order valence-electron chi connectivity index (χ4n) is 3.27. The highest BCUT2D eigenvalue weighted by Gasteiger charge is 2.19. The lowest BCUT2D eigenvalue weighted by atomic mass is 10.1. The number of rotatable bonds is 4. The van der Waals surface area contributed by atoms with Crippen LogP contribution >= 0.6 is 0 Å². The summed E-state index contributed by atoms with van der Waals surface area (Å²) in [5.74, 6) is 0.146. The summed E-state index contributed by atoms with van der Waals surface area (Å²) in [6, 6.07) is 15.3. The van der Waals surface area contributed by atoms with Crippen LogP contribution in [0, 0.1) is 6.92 Å². The number of aryl methyl sites for hydroxylation is 1. The first-order valence-electron chi connectivity index (χ1n) is 9.26. The van der Waals surface area contributed by atoms with Gasteiger partial charge in [-0.3, -0.25) is 19.5 Å². The average Bonchev–Trinajstić information content (AvgIpc) is 3.19. The fourth-order valence-corrected chi connectivity index (χ4v) is 4.41. The molecule has 0 saturated carbocycles. The molecule has 1 aliphatic rings. The van der Waals surface area contributed by atoms with E-state index in [1.807, 2.05) is 31.2 Å². The summed E-state index contributed by atoms with van der Waals surface area (Å²) in [6.07, 6.45) is 1.46. The van der Waals surface area contributed by atoms with Gasteiger partial charge in [0.1, 0.15) is 5.84 Å². The van der Waals surface area contributed by atoms with Crippen LogP contribution in [0.5, 0.6) is 0 Å². The Hall–Kier alpha value is -3.26. The van der Waals surface area contributed by atoms with Crippen LogP contribution in [-0.2, 0) is 10.0 Å². The Bertz CT molecular complexity index is 1240. The molecule has 7 nitrogen and oxygen atoms in total. The van der Waals surface area contributed by atoms with Crippen LogP contribution in [0.1, 0.15) is 28.9 Å². The molecule has 1 aliphatic heterocycles. The molecule has 1 aromatic heterocycles. The van der Waals surface area contributed by atoms with E-state index in [0.29, 0.717) is 30.1 Å². The molecule has 8 heteroatoms. The predicted molar refractivity (Wildman–Crippen MR) is 113 cm³/mol. The number of amidine groups is 1. The number of hydrogen-bond acceptors (Lipinski definition) is 5. The van der Waals surface area contributed by atoms with Gasteiger partial charge in [0.25, 0.3) is 15.9 Å². The van der Waals surface area contributed by atoms with E-state index in [9.17, 15) is 13.2 Å². The van der Waals surface area contributed by atoms with Gasteiger partial charge in [0.2, 0.25) is 0 Å². The molecule has 0 spiro atoms. The highest BCUT2D eigenvalue weighted by Crippen LogP contribution is 2.21. The third-order valence-corrected chi connectivity index (χ3v) is 6.00. The molecule has 0 atom stereocenters. The van der Waals surface area contributed by atoms with Crippen molar-refractivity contribution in [2.75, 3.05) is 11.9 Å². The summed E-state index contributed by atoms with van der Waals surface area (Å²) in [4.78, 5) is 21.6. The maximum absolute atomic E-state index is 12.9. The van der Waals surface area contributed by atoms with Crippen molar-refractivity contribution in [1.29, 1.82) is 0 Å². The molecule has 0 radical (unpaired) electrons. The van der Waals surface area contributed by atoms with Crippen molar-refractivity contribution >= 4 is 38.4 Å². The number of fused-ring (bicyclic) bond motifs is 1. The van der Waals surface area contributed by atoms with E-state index in [1.165, 1.54) is 12.1 Å². The van der Waals surface area contributed by atoms with E-state index in [4.69, 9.17) is 0 Å². The second kappa shape index (κ2) is 7.63. The van der Waals surface area contributed by atoms with Crippen LogP contribution in [0.25, 0.3) is 10.9 Å². The fraction of sp³-hybridized carbons (Fsp3) is 0.190. The largest absolute Gasteiger partial charge is 0.322 e. The smallest absolute Gasteiger partial charge is 0.262 e. The molecule has 0 saturated heterocycles. The summed E-state index contributed by atoms with van der Waals surface area (Å²) >= 11 is 0. The van der Waals surface area contributed by atoms with Crippen LogP contribution in [0.15, 0.2) is 64.5 Å². The Morgan fingerprint density at radius 2 is 1.90 bits per heavy atom. The molecule has 0 bridgehead atoms. The normalized spacial score (nSPS) is 13.9. The lowest BCUT2D eigenvalue weighted by molar-refractivity contribution is 0.102. The number of nitrogens with zero attached hydrogens (tertiary/aromatic N) is 2. The molecule has 3 aromatic rings. The molecule has 2 heterocycles. The molecule has 2 aromatic carbocycles. The first-order valence-corrected chi connectivity index (χ1v) is 10.7. The van der Waals surface area contributed by atoms with Crippen LogP contribution in [0.2, 0.25) is 0 Å². The Labute approximate surface area is 168 Å². The third kappa shape index (κ3) is 4.12. The first-order chi connectivity index (χ1) is 13.9. The van der Waals surface area contributed by atoms with Crippen LogP contribution < -0.4 is 10.0 Å². The van der Waals surface area contributed by atoms with Gasteiger partial charge in [-0.2, -0.15) is 0 Å². The average molecular weight is 408 g/mol. The van der Waals surface area contributed by atoms with Gasteiger partial charge in [0.05, 0.1) is 16.0 Å². The Kier molecular flexibility index (Phi) is 5.02. The number of sulfonamides is 1. The number of nitrogens with one attached hydrogen (secondary N) is 2. The van der Waals surface area contributed by atoms with Crippen molar-refractivity contribution < 1.29 is 13.2 Å². The van der Waals surface area contributed by atoms with Gasteiger partial charge in [-0.1, -0.05) is 24.3 Å². The highest BCUT2D eigenvalue weighted by molar-refractivity contribution is 7.90. The Morgan fingerprint density at radius 3 is 2.69 bits per heavy atom. The number of amides is 1. The lowest BCUT2D eigenvalue weighted by Crippen LogP contribution is -2.29. The zero-order chi connectivity index (χ0) is 20.4. The van der Waals surface area contributed by atoms with E-state index in [-0.39, 0.29) is 10.8 Å². The quantitative estimate of drug-likeness (QED) is 0.692. The van der Waals surface area contributed by atoms with E-state index >= 15 is 0 Å². The predicted octanol–water partition coefficient (Wildman–Crippen LogP) is 3.27. The van der Waals surface area contributed by atoms with E-state index in [0.717, 1.165) is 23.0 Å². The molecular formula is C21H20N4O3S. The molecule has 148 valence electrons. The molecule has 0 unspecified atom stereocenters. The number of carbonyl (C=O) groups excluding carboxylic acids is 1. The summed E-state index contributed by atoms with van der Waals surface area (Å²) in [6.45, 7) is 2.46. The maximum atomic E-state index is 12.9. The number of carbonyl (C=O) groups is 1. The molecule has 2 N–H and O–H groups in total. The number of anilines is 1. The van der Waals surface area contributed by atoms with Crippen molar-refractivity contribution in [1.82, 2.24) is 9.71 Å². The van der Waals surface area contributed by atoms with Gasteiger partial charge < -0.3 is 5.32 Å². The molecular weight excluding hydrogens is 388 g/mol. The minimum absolute atomic E-state index is 0.0701. The number of aliphatic imine (C=N–C) groups is 1. The molecule has 0 fully saturated rings. The third-order valence-electron chi connectivity index (χ3n) is 4.62. The highest BCUT2D eigenvalue weighted by atomic mass is 32.2. The van der Waals surface area contributed by atoms with Crippen molar-refractivity contribution in [3.8, 4) is 0 Å². The summed E-state index contributed by atoms with van der Waals surface area (Å²) in [5, 5.41) is 3.53. The van der Waals surface area contributed by atoms with Crippen LogP contribution in [-0.4, -0.2) is 31.7 Å². The molecule has 1 amide bonds. The summed E-state index contributed by atoms with van der Waals surface area (Å²) in [5.41, 5.74) is 2.34. The number of para-hydroxylation sites is 1. The summed E-state index contributed by atoms with van der Waals surface area (Å²) in [7, 11) is -3.75. The van der Waals surface area contributed by atoms with E-state index < -0.39 is 10.0 Å². The second-order valence-corrected chi connectivity index (χ2v) is 8.53. The Balaban J connectivity index is 1.61. The second-order valence-electron chi connectivity index (χ2n) is 6.85. The van der Waals surface area contributed by atoms with E-state index in [1.54, 1.807) is 18.2 Å². The van der Waals surface area contributed by atoms with Gasteiger partial charge >= 0.3 is 0 Å². The minimum atomic E-state index is -3.75. The molecule has 4 rings (SSSR count). The first kappa shape index (κ1) is 19.1. The zero-order valence-electron chi connectivity index (χ0n) is 15.8. The van der Waals surface area contributed by atoms with Crippen molar-refractivity contribution in [3.63, 3.8) is 0 Å².